The SMILES string of the molecule is CC1(C)c2ccccc2-c2cc3c4ccccc4n(-c4ccc5oc6nc(-c7ccccc7)nc(-c7ccccc7)c6c5c4)c3cc21. The van der Waals surface area contributed by atoms with Crippen LogP contribution in [0.1, 0.15) is 25.0 Å². The molecule has 10 rings (SSSR count). The minimum absolute atomic E-state index is 0.0928. The second-order valence-electron chi connectivity index (χ2n) is 13.0. The van der Waals surface area contributed by atoms with E-state index in [0.717, 1.165) is 38.9 Å². The molecular weight excluding hydrogens is 574 g/mol. The Labute approximate surface area is 271 Å². The molecule has 0 saturated heterocycles. The van der Waals surface area contributed by atoms with Gasteiger partial charge < -0.3 is 8.98 Å². The predicted molar refractivity (Wildman–Crippen MR) is 192 cm³/mol. The van der Waals surface area contributed by atoms with Crippen LogP contribution in [-0.2, 0) is 5.41 Å². The second kappa shape index (κ2) is 9.51. The topological polar surface area (TPSA) is 43.9 Å². The molecule has 0 aliphatic heterocycles. The van der Waals surface area contributed by atoms with E-state index in [1.54, 1.807) is 0 Å². The Balaban J connectivity index is 1.26. The number of aromatic nitrogens is 3. The van der Waals surface area contributed by atoms with Gasteiger partial charge in [0.2, 0.25) is 5.71 Å². The summed E-state index contributed by atoms with van der Waals surface area (Å²) in [7, 11) is 0. The molecule has 0 atom stereocenters. The molecule has 4 nitrogen and oxygen atoms in total. The van der Waals surface area contributed by atoms with Crippen molar-refractivity contribution in [1.29, 1.82) is 0 Å². The van der Waals surface area contributed by atoms with Crippen molar-refractivity contribution in [3.63, 3.8) is 0 Å². The summed E-state index contributed by atoms with van der Waals surface area (Å²) in [6.45, 7) is 4.68. The lowest BCUT2D eigenvalue weighted by Gasteiger charge is -2.21. The Morgan fingerprint density at radius 2 is 1.28 bits per heavy atom. The Morgan fingerprint density at radius 1 is 0.553 bits per heavy atom. The number of benzene rings is 6. The number of para-hydroxylation sites is 1. The number of fused-ring (bicyclic) bond motifs is 9. The van der Waals surface area contributed by atoms with Crippen molar-refractivity contribution in [3.05, 3.63) is 151 Å². The van der Waals surface area contributed by atoms with E-state index in [4.69, 9.17) is 14.4 Å². The van der Waals surface area contributed by atoms with E-state index in [1.165, 1.54) is 44.1 Å². The van der Waals surface area contributed by atoms with Crippen LogP contribution in [0, 0.1) is 0 Å². The third-order valence-corrected chi connectivity index (χ3v) is 10.0. The van der Waals surface area contributed by atoms with Gasteiger partial charge in [-0.2, -0.15) is 4.98 Å². The van der Waals surface area contributed by atoms with E-state index in [0.29, 0.717) is 11.5 Å². The zero-order valence-corrected chi connectivity index (χ0v) is 26.0. The highest BCUT2D eigenvalue weighted by Crippen LogP contribution is 2.51. The largest absolute Gasteiger partial charge is 0.438 e. The molecule has 1 aliphatic rings. The normalized spacial score (nSPS) is 13.5. The van der Waals surface area contributed by atoms with Gasteiger partial charge in [0.1, 0.15) is 5.58 Å². The molecule has 0 amide bonds. The minimum Gasteiger partial charge on any atom is -0.438 e. The molecule has 4 heteroatoms. The first kappa shape index (κ1) is 26.2. The van der Waals surface area contributed by atoms with Crippen molar-refractivity contribution in [2.75, 3.05) is 0 Å². The molecule has 0 saturated carbocycles. The Kier molecular flexibility index (Phi) is 5.31. The van der Waals surface area contributed by atoms with Crippen molar-refractivity contribution in [2.45, 2.75) is 19.3 Å². The average Bonchev–Trinajstić information content (AvgIpc) is 3.73. The van der Waals surface area contributed by atoms with Crippen molar-refractivity contribution in [1.82, 2.24) is 14.5 Å². The van der Waals surface area contributed by atoms with Gasteiger partial charge in [0.15, 0.2) is 5.82 Å². The van der Waals surface area contributed by atoms with Gasteiger partial charge in [-0.1, -0.05) is 117 Å². The molecule has 0 N–H and O–H groups in total. The molecule has 47 heavy (non-hydrogen) atoms. The fraction of sp³-hybridized carbons (Fsp3) is 0.0698. The van der Waals surface area contributed by atoms with E-state index >= 15 is 0 Å². The van der Waals surface area contributed by atoms with E-state index in [1.807, 2.05) is 36.4 Å². The zero-order chi connectivity index (χ0) is 31.3. The van der Waals surface area contributed by atoms with Crippen LogP contribution in [0.5, 0.6) is 0 Å². The maximum Gasteiger partial charge on any atom is 0.231 e. The lowest BCUT2D eigenvalue weighted by molar-refractivity contribution is 0.653. The fourth-order valence-corrected chi connectivity index (χ4v) is 7.76. The van der Waals surface area contributed by atoms with Gasteiger partial charge in [-0.05, 0) is 58.7 Å². The summed E-state index contributed by atoms with van der Waals surface area (Å²) < 4.78 is 8.89. The van der Waals surface area contributed by atoms with Gasteiger partial charge in [0.05, 0.1) is 22.1 Å². The molecule has 3 heterocycles. The van der Waals surface area contributed by atoms with Crippen molar-refractivity contribution in [2.24, 2.45) is 0 Å². The molecule has 0 radical (unpaired) electrons. The van der Waals surface area contributed by atoms with Gasteiger partial charge in [-0.25, -0.2) is 4.98 Å². The summed E-state index contributed by atoms with van der Waals surface area (Å²) in [4.78, 5) is 10.1. The number of furan rings is 1. The van der Waals surface area contributed by atoms with Crippen LogP contribution in [-0.4, -0.2) is 14.5 Å². The third kappa shape index (κ3) is 3.70. The summed E-state index contributed by atoms with van der Waals surface area (Å²) in [6, 6.07) is 49.4. The molecular formula is C43H29N3O. The standard InChI is InChI=1S/C43H29N3O/c1-43(2)34-19-11-9-17-29(34)31-24-32-30-18-10-12-20-36(30)46(37(32)25-35(31)43)28-21-22-38-33(23-28)39-40(26-13-5-3-6-14-26)44-41(45-42(39)47-38)27-15-7-4-8-16-27/h3-25H,1-2H3. The molecule has 6 aromatic carbocycles. The Hall–Kier alpha value is -6.00. The lowest BCUT2D eigenvalue weighted by atomic mass is 9.82. The van der Waals surface area contributed by atoms with E-state index in [9.17, 15) is 0 Å². The van der Waals surface area contributed by atoms with Gasteiger partial charge >= 0.3 is 0 Å². The lowest BCUT2D eigenvalue weighted by Crippen LogP contribution is -2.14. The van der Waals surface area contributed by atoms with Gasteiger partial charge in [-0.3, -0.25) is 0 Å². The first-order valence-corrected chi connectivity index (χ1v) is 16.1. The average molecular weight is 604 g/mol. The van der Waals surface area contributed by atoms with Crippen LogP contribution in [0.25, 0.3) is 83.3 Å². The van der Waals surface area contributed by atoms with Crippen molar-refractivity contribution < 1.29 is 4.42 Å². The van der Waals surface area contributed by atoms with Crippen molar-refractivity contribution >= 4 is 43.9 Å². The van der Waals surface area contributed by atoms with Crippen molar-refractivity contribution in [3.8, 4) is 39.5 Å². The summed E-state index contributed by atoms with van der Waals surface area (Å²) in [5.41, 5.74) is 13.0. The van der Waals surface area contributed by atoms with Gasteiger partial charge in [-0.15, -0.1) is 0 Å². The highest BCUT2D eigenvalue weighted by Gasteiger charge is 2.36. The van der Waals surface area contributed by atoms with Crippen LogP contribution in [0.2, 0.25) is 0 Å². The maximum absolute atomic E-state index is 6.49. The summed E-state index contributed by atoms with van der Waals surface area (Å²) in [5.74, 6) is 0.649. The quantitative estimate of drug-likeness (QED) is 0.202. The molecule has 0 spiro atoms. The second-order valence-corrected chi connectivity index (χ2v) is 13.0. The van der Waals surface area contributed by atoms with Crippen LogP contribution >= 0.6 is 0 Å². The fourth-order valence-electron chi connectivity index (χ4n) is 7.76. The summed E-state index contributed by atoms with van der Waals surface area (Å²) in [6.07, 6.45) is 0. The Morgan fingerprint density at radius 3 is 2.11 bits per heavy atom. The first-order chi connectivity index (χ1) is 23.1. The van der Waals surface area contributed by atoms with Gasteiger partial charge in [0.25, 0.3) is 0 Å². The molecule has 222 valence electrons. The minimum atomic E-state index is -0.0928. The monoisotopic (exact) mass is 603 g/mol. The number of hydrogen-bond acceptors (Lipinski definition) is 3. The zero-order valence-electron chi connectivity index (χ0n) is 26.0. The van der Waals surface area contributed by atoms with Crippen LogP contribution < -0.4 is 0 Å². The molecule has 0 unspecified atom stereocenters. The molecule has 3 aromatic heterocycles. The predicted octanol–water partition coefficient (Wildman–Crippen LogP) is 11.1. The molecule has 9 aromatic rings. The van der Waals surface area contributed by atoms with Crippen LogP contribution in [0.4, 0.5) is 0 Å². The molecule has 0 bridgehead atoms. The van der Waals surface area contributed by atoms with E-state index < -0.39 is 0 Å². The number of nitrogens with zero attached hydrogens (tertiary/aromatic N) is 3. The number of rotatable bonds is 3. The first-order valence-electron chi connectivity index (χ1n) is 16.1. The van der Waals surface area contributed by atoms with Crippen LogP contribution in [0.3, 0.4) is 0 Å². The van der Waals surface area contributed by atoms with Gasteiger partial charge in [0, 0.05) is 38.4 Å². The van der Waals surface area contributed by atoms with E-state index in [2.05, 4.69) is 122 Å². The third-order valence-electron chi connectivity index (χ3n) is 10.0. The molecule has 1 aliphatic carbocycles. The maximum atomic E-state index is 6.49. The number of hydrogen-bond donors (Lipinski definition) is 0. The van der Waals surface area contributed by atoms with Crippen LogP contribution in [0.15, 0.2) is 144 Å². The smallest absolute Gasteiger partial charge is 0.231 e. The summed E-state index contributed by atoms with van der Waals surface area (Å²) in [5, 5.41) is 4.41. The highest BCUT2D eigenvalue weighted by atomic mass is 16.3. The molecule has 0 fully saturated rings. The van der Waals surface area contributed by atoms with E-state index in [-0.39, 0.29) is 5.41 Å². The highest BCUT2D eigenvalue weighted by molar-refractivity contribution is 6.14. The Bertz CT molecular complexity index is 2700. The summed E-state index contributed by atoms with van der Waals surface area (Å²) >= 11 is 0.